The smallest absolute Gasteiger partial charge is 0.188 e. The van der Waals surface area contributed by atoms with Gasteiger partial charge in [0.1, 0.15) is 0 Å². The average molecular weight is 219 g/mol. The lowest BCUT2D eigenvalue weighted by Gasteiger charge is -2.21. The van der Waals surface area contributed by atoms with E-state index in [0.717, 1.165) is 43.2 Å². The number of aryl methyl sites for hydroxylation is 2. The number of H-pyrrole nitrogens is 1. The Hall–Kier alpha value is -1.05. The fourth-order valence-electron chi connectivity index (χ4n) is 2.49. The van der Waals surface area contributed by atoms with E-state index in [9.17, 15) is 4.79 Å². The first-order chi connectivity index (χ1) is 7.72. The van der Waals surface area contributed by atoms with Gasteiger partial charge in [0.15, 0.2) is 5.43 Å². The lowest BCUT2D eigenvalue weighted by Crippen LogP contribution is -2.24. The first-order valence-corrected chi connectivity index (χ1v) is 6.44. The molecule has 1 aromatic rings. The van der Waals surface area contributed by atoms with Crippen LogP contribution in [0.25, 0.3) is 0 Å². The summed E-state index contributed by atoms with van der Waals surface area (Å²) in [5.41, 5.74) is 3.54. The van der Waals surface area contributed by atoms with E-state index >= 15 is 0 Å². The molecular weight excluding hydrogens is 198 g/mol. The summed E-state index contributed by atoms with van der Waals surface area (Å²) < 4.78 is 0. The Kier molecular flexibility index (Phi) is 3.47. The van der Waals surface area contributed by atoms with Crippen molar-refractivity contribution in [1.29, 1.82) is 0 Å². The van der Waals surface area contributed by atoms with Gasteiger partial charge in [0.05, 0.1) is 0 Å². The lowest BCUT2D eigenvalue weighted by molar-refractivity contribution is 0.491. The van der Waals surface area contributed by atoms with Crippen molar-refractivity contribution in [2.24, 2.45) is 5.92 Å². The predicted molar refractivity (Wildman–Crippen MR) is 66.9 cm³/mol. The highest BCUT2D eigenvalue weighted by Gasteiger charge is 2.19. The molecule has 0 saturated carbocycles. The number of unbranched alkanes of at least 4 members (excludes halogenated alkanes) is 1. The van der Waals surface area contributed by atoms with Crippen LogP contribution in [0.15, 0.2) is 11.0 Å². The molecule has 1 N–H and O–H groups in total. The fourth-order valence-corrected chi connectivity index (χ4v) is 2.49. The third kappa shape index (κ3) is 2.21. The van der Waals surface area contributed by atoms with Crippen LogP contribution in [0.2, 0.25) is 0 Å². The summed E-state index contributed by atoms with van der Waals surface area (Å²) in [7, 11) is 0. The summed E-state index contributed by atoms with van der Waals surface area (Å²) in [6.45, 7) is 4.40. The fraction of sp³-hybridized carbons (Fsp3) is 0.643. The van der Waals surface area contributed by atoms with Crippen molar-refractivity contribution in [3.63, 3.8) is 0 Å². The van der Waals surface area contributed by atoms with Gasteiger partial charge in [-0.2, -0.15) is 0 Å². The highest BCUT2D eigenvalue weighted by atomic mass is 16.1. The van der Waals surface area contributed by atoms with Crippen molar-refractivity contribution in [3.8, 4) is 0 Å². The summed E-state index contributed by atoms with van der Waals surface area (Å²) >= 11 is 0. The van der Waals surface area contributed by atoms with Gasteiger partial charge in [0.2, 0.25) is 0 Å². The Labute approximate surface area is 97.1 Å². The largest absolute Gasteiger partial charge is 0.364 e. The van der Waals surface area contributed by atoms with Crippen molar-refractivity contribution < 1.29 is 0 Å². The third-order valence-electron chi connectivity index (χ3n) is 3.59. The van der Waals surface area contributed by atoms with Crippen molar-refractivity contribution in [2.45, 2.75) is 52.4 Å². The van der Waals surface area contributed by atoms with Crippen LogP contribution in [0.3, 0.4) is 0 Å². The molecule has 2 nitrogen and oxygen atoms in total. The van der Waals surface area contributed by atoms with Crippen LogP contribution in [0, 0.1) is 5.92 Å². The van der Waals surface area contributed by atoms with Crippen LogP contribution >= 0.6 is 0 Å². The second-order valence-corrected chi connectivity index (χ2v) is 5.05. The highest BCUT2D eigenvalue weighted by molar-refractivity contribution is 5.28. The minimum atomic E-state index is 0.314. The number of nitrogens with one attached hydrogen (secondary N) is 1. The normalized spacial score (nSPS) is 19.5. The first-order valence-electron chi connectivity index (χ1n) is 6.44. The molecule has 1 aliphatic carbocycles. The Bertz CT molecular complexity index is 419. The molecule has 0 fully saturated rings. The molecule has 0 spiro atoms. The number of fused-ring (bicyclic) bond motifs is 1. The van der Waals surface area contributed by atoms with E-state index in [4.69, 9.17) is 0 Å². The third-order valence-corrected chi connectivity index (χ3v) is 3.59. The second kappa shape index (κ2) is 4.86. The summed E-state index contributed by atoms with van der Waals surface area (Å²) in [6.07, 6.45) is 8.33. The van der Waals surface area contributed by atoms with E-state index in [1.165, 1.54) is 12.1 Å². The zero-order chi connectivity index (χ0) is 11.5. The van der Waals surface area contributed by atoms with E-state index < -0.39 is 0 Å². The number of pyridine rings is 1. The van der Waals surface area contributed by atoms with Crippen LogP contribution < -0.4 is 5.43 Å². The molecular formula is C14H21NO. The predicted octanol–water partition coefficient (Wildman–Crippen LogP) is 2.84. The van der Waals surface area contributed by atoms with Gasteiger partial charge < -0.3 is 4.98 Å². The van der Waals surface area contributed by atoms with Gasteiger partial charge >= 0.3 is 0 Å². The van der Waals surface area contributed by atoms with Crippen molar-refractivity contribution in [2.75, 3.05) is 0 Å². The molecule has 0 amide bonds. The Balaban J connectivity index is 2.31. The highest BCUT2D eigenvalue weighted by Crippen LogP contribution is 2.21. The lowest BCUT2D eigenvalue weighted by atomic mass is 9.87. The van der Waals surface area contributed by atoms with Crippen LogP contribution in [0.5, 0.6) is 0 Å². The van der Waals surface area contributed by atoms with Crippen LogP contribution in [0.4, 0.5) is 0 Å². The molecule has 88 valence electrons. The Morgan fingerprint density at radius 2 is 2.31 bits per heavy atom. The quantitative estimate of drug-likeness (QED) is 0.833. The summed E-state index contributed by atoms with van der Waals surface area (Å²) in [6, 6.07) is 0. The molecule has 1 aromatic heterocycles. The number of hydrogen-bond donors (Lipinski definition) is 1. The number of aromatic amines is 1. The number of hydrogen-bond acceptors (Lipinski definition) is 1. The molecule has 1 atom stereocenters. The topological polar surface area (TPSA) is 32.9 Å². The van der Waals surface area contributed by atoms with Crippen molar-refractivity contribution in [3.05, 3.63) is 33.2 Å². The minimum absolute atomic E-state index is 0.314. The second-order valence-electron chi connectivity index (χ2n) is 5.05. The molecule has 0 aromatic carbocycles. The number of aromatic nitrogens is 1. The van der Waals surface area contributed by atoms with Gasteiger partial charge in [0.25, 0.3) is 0 Å². The van der Waals surface area contributed by atoms with E-state index in [1.54, 1.807) is 0 Å². The number of rotatable bonds is 3. The first kappa shape index (κ1) is 11.4. The van der Waals surface area contributed by atoms with E-state index in [-0.39, 0.29) is 0 Å². The maximum Gasteiger partial charge on any atom is 0.188 e. The summed E-state index contributed by atoms with van der Waals surface area (Å²) in [4.78, 5) is 15.6. The minimum Gasteiger partial charge on any atom is -0.364 e. The van der Waals surface area contributed by atoms with Gasteiger partial charge in [0, 0.05) is 23.0 Å². The van der Waals surface area contributed by atoms with Crippen LogP contribution in [-0.2, 0) is 19.3 Å². The van der Waals surface area contributed by atoms with E-state index in [2.05, 4.69) is 18.8 Å². The molecule has 2 rings (SSSR count). The molecule has 1 unspecified atom stereocenters. The standard InChI is InChI=1S/C14H21NO/c1-3-4-5-11-9-15-13-7-6-10(2)8-12(13)14(11)16/h9-10H,3-8H2,1-2H3,(H,15,16). The molecule has 0 bridgehead atoms. The SMILES string of the molecule is CCCCc1c[nH]c2c(c1=O)CC(C)CC2. The maximum atomic E-state index is 12.2. The molecule has 1 heterocycles. The van der Waals surface area contributed by atoms with Crippen LogP contribution in [-0.4, -0.2) is 4.98 Å². The summed E-state index contributed by atoms with van der Waals surface area (Å²) in [5.74, 6) is 0.662. The van der Waals surface area contributed by atoms with Gasteiger partial charge in [-0.25, -0.2) is 0 Å². The Morgan fingerprint density at radius 1 is 1.50 bits per heavy atom. The monoisotopic (exact) mass is 219 g/mol. The zero-order valence-electron chi connectivity index (χ0n) is 10.3. The van der Waals surface area contributed by atoms with Gasteiger partial charge in [-0.3, -0.25) is 4.79 Å². The van der Waals surface area contributed by atoms with Crippen LogP contribution in [0.1, 0.15) is 49.9 Å². The molecule has 0 saturated heterocycles. The zero-order valence-corrected chi connectivity index (χ0v) is 10.3. The Morgan fingerprint density at radius 3 is 3.06 bits per heavy atom. The van der Waals surface area contributed by atoms with Gasteiger partial charge in [-0.1, -0.05) is 20.3 Å². The molecule has 0 radical (unpaired) electrons. The molecule has 0 aliphatic heterocycles. The van der Waals surface area contributed by atoms with Gasteiger partial charge in [-0.15, -0.1) is 0 Å². The van der Waals surface area contributed by atoms with E-state index in [0.29, 0.717) is 11.3 Å². The average Bonchev–Trinajstić information content (AvgIpc) is 2.29. The molecule has 1 aliphatic rings. The van der Waals surface area contributed by atoms with Crippen molar-refractivity contribution in [1.82, 2.24) is 4.98 Å². The molecule has 16 heavy (non-hydrogen) atoms. The summed E-state index contributed by atoms with van der Waals surface area (Å²) in [5, 5.41) is 0. The van der Waals surface area contributed by atoms with Crippen molar-refractivity contribution >= 4 is 0 Å². The van der Waals surface area contributed by atoms with Gasteiger partial charge in [-0.05, 0) is 38.0 Å². The molecule has 2 heteroatoms. The maximum absolute atomic E-state index is 12.2. The van der Waals surface area contributed by atoms with E-state index in [1.807, 2.05) is 6.20 Å².